The van der Waals surface area contributed by atoms with Gasteiger partial charge in [-0.15, -0.1) is 0 Å². The van der Waals surface area contributed by atoms with Crippen LogP contribution in [0.5, 0.6) is 0 Å². The molecule has 2 aromatic carbocycles. The highest BCUT2D eigenvalue weighted by atomic mass is 19.1. The van der Waals surface area contributed by atoms with Crippen molar-refractivity contribution in [3.63, 3.8) is 0 Å². The molecule has 4 heteroatoms. The largest absolute Gasteiger partial charge is 0.236 e. The number of aryl methyl sites for hydroxylation is 1. The summed E-state index contributed by atoms with van der Waals surface area (Å²) in [5.74, 6) is -0.129. The molecule has 0 unspecified atom stereocenters. The number of hydrogen-bond donors (Lipinski definition) is 0. The minimum Gasteiger partial charge on any atom is -0.236 e. The van der Waals surface area contributed by atoms with E-state index in [0.717, 1.165) is 17.5 Å². The van der Waals surface area contributed by atoms with E-state index in [0.29, 0.717) is 11.4 Å². The van der Waals surface area contributed by atoms with Crippen molar-refractivity contribution in [2.75, 3.05) is 0 Å². The molecule has 0 N–H and O–H groups in total. The molecule has 0 amide bonds. The number of halogens is 1. The second-order valence-electron chi connectivity index (χ2n) is 5.15. The van der Waals surface area contributed by atoms with E-state index in [9.17, 15) is 4.39 Å². The van der Waals surface area contributed by atoms with Crippen LogP contribution in [-0.4, -0.2) is 9.97 Å². The third kappa shape index (κ3) is 3.09. The maximum absolute atomic E-state index is 13.7. The Kier molecular flexibility index (Phi) is 4.11. The number of aromatic nitrogens is 2. The molecule has 0 bridgehead atoms. The number of rotatable bonds is 3. The van der Waals surface area contributed by atoms with E-state index in [4.69, 9.17) is 5.26 Å². The van der Waals surface area contributed by atoms with Crippen LogP contribution in [0.3, 0.4) is 0 Å². The van der Waals surface area contributed by atoms with Crippen LogP contribution in [0.15, 0.2) is 54.9 Å². The van der Waals surface area contributed by atoms with E-state index in [1.165, 1.54) is 17.7 Å². The molecule has 1 heterocycles. The lowest BCUT2D eigenvalue weighted by atomic mass is 10.1. The fraction of sp³-hybridized carbons (Fsp3) is 0.105. The third-order valence-corrected chi connectivity index (χ3v) is 3.70. The first kappa shape index (κ1) is 14.9. The van der Waals surface area contributed by atoms with Crippen LogP contribution in [0, 0.1) is 17.1 Å². The van der Waals surface area contributed by atoms with Crippen LogP contribution >= 0.6 is 0 Å². The van der Waals surface area contributed by atoms with E-state index < -0.39 is 5.82 Å². The highest BCUT2D eigenvalue weighted by Gasteiger charge is 2.07. The summed E-state index contributed by atoms with van der Waals surface area (Å²) in [5, 5.41) is 8.76. The van der Waals surface area contributed by atoms with Crippen molar-refractivity contribution < 1.29 is 4.39 Å². The quantitative estimate of drug-likeness (QED) is 0.721. The Morgan fingerprint density at radius 2 is 1.61 bits per heavy atom. The van der Waals surface area contributed by atoms with Gasteiger partial charge in [-0.05, 0) is 35.7 Å². The van der Waals surface area contributed by atoms with Gasteiger partial charge in [0.2, 0.25) is 0 Å². The van der Waals surface area contributed by atoms with Crippen LogP contribution in [0.4, 0.5) is 4.39 Å². The summed E-state index contributed by atoms with van der Waals surface area (Å²) < 4.78 is 13.7. The average molecular weight is 303 g/mol. The average Bonchev–Trinajstić information content (AvgIpc) is 2.62. The molecule has 1 aromatic heterocycles. The van der Waals surface area contributed by atoms with Gasteiger partial charge in [0.05, 0.1) is 5.56 Å². The molecule has 0 spiro atoms. The van der Waals surface area contributed by atoms with Gasteiger partial charge in [-0.3, -0.25) is 0 Å². The summed E-state index contributed by atoms with van der Waals surface area (Å²) in [6.45, 7) is 2.11. The van der Waals surface area contributed by atoms with Gasteiger partial charge in [-0.2, -0.15) is 5.26 Å². The molecule has 0 saturated carbocycles. The molecule has 0 radical (unpaired) electrons. The van der Waals surface area contributed by atoms with Gasteiger partial charge >= 0.3 is 0 Å². The van der Waals surface area contributed by atoms with Crippen molar-refractivity contribution in [3.05, 3.63) is 71.8 Å². The van der Waals surface area contributed by atoms with E-state index >= 15 is 0 Å². The summed E-state index contributed by atoms with van der Waals surface area (Å²) in [6.07, 6.45) is 4.44. The second-order valence-corrected chi connectivity index (χ2v) is 5.15. The maximum atomic E-state index is 13.7. The van der Waals surface area contributed by atoms with Crippen LogP contribution in [0.2, 0.25) is 0 Å². The first-order chi connectivity index (χ1) is 11.2. The maximum Gasteiger partial charge on any atom is 0.159 e. The lowest BCUT2D eigenvalue weighted by Crippen LogP contribution is -1.92. The number of hydrogen-bond acceptors (Lipinski definition) is 3. The van der Waals surface area contributed by atoms with E-state index in [2.05, 4.69) is 29.0 Å². The van der Waals surface area contributed by atoms with Gasteiger partial charge in [0.25, 0.3) is 0 Å². The molecule has 3 nitrogen and oxygen atoms in total. The Hall–Kier alpha value is -3.06. The smallest absolute Gasteiger partial charge is 0.159 e. The molecule has 112 valence electrons. The van der Waals surface area contributed by atoms with E-state index in [1.54, 1.807) is 24.5 Å². The van der Waals surface area contributed by atoms with Crippen LogP contribution in [0.25, 0.3) is 22.5 Å². The van der Waals surface area contributed by atoms with Gasteiger partial charge in [0, 0.05) is 23.5 Å². The minimum absolute atomic E-state index is 0.0152. The molecule has 3 aromatic rings. The summed E-state index contributed by atoms with van der Waals surface area (Å²) in [4.78, 5) is 8.61. The third-order valence-electron chi connectivity index (χ3n) is 3.70. The molecule has 23 heavy (non-hydrogen) atoms. The zero-order valence-electron chi connectivity index (χ0n) is 12.6. The number of nitriles is 1. The summed E-state index contributed by atoms with van der Waals surface area (Å²) in [5.41, 5.74) is 3.79. The van der Waals surface area contributed by atoms with Crippen molar-refractivity contribution in [2.45, 2.75) is 13.3 Å². The predicted octanol–water partition coefficient (Wildman–Crippen LogP) is 4.38. The van der Waals surface area contributed by atoms with E-state index in [-0.39, 0.29) is 5.56 Å². The SMILES string of the molecule is CCc1ccc(-c2cnc(-c3ccc(C#N)c(F)c3)nc2)cc1. The van der Waals surface area contributed by atoms with Crippen LogP contribution < -0.4 is 0 Å². The normalized spacial score (nSPS) is 10.3. The molecule has 0 aliphatic heterocycles. The highest BCUT2D eigenvalue weighted by molar-refractivity contribution is 5.64. The first-order valence-electron chi connectivity index (χ1n) is 7.32. The van der Waals surface area contributed by atoms with Crippen molar-refractivity contribution in [1.29, 1.82) is 5.26 Å². The monoisotopic (exact) mass is 303 g/mol. The van der Waals surface area contributed by atoms with Crippen molar-refractivity contribution in [2.24, 2.45) is 0 Å². The summed E-state index contributed by atoms with van der Waals surface area (Å²) >= 11 is 0. The van der Waals surface area contributed by atoms with Gasteiger partial charge in [-0.1, -0.05) is 31.2 Å². The standard InChI is InChI=1S/C19H14FN3/c1-2-13-3-5-14(6-4-13)17-11-22-19(23-12-17)15-7-8-16(10-21)18(20)9-15/h3-9,11-12H,2H2,1H3. The molecule has 0 fully saturated rings. The zero-order valence-corrected chi connectivity index (χ0v) is 12.6. The predicted molar refractivity (Wildman–Crippen MR) is 87.0 cm³/mol. The Morgan fingerprint density at radius 1 is 0.957 bits per heavy atom. The van der Waals surface area contributed by atoms with Gasteiger partial charge in [0.1, 0.15) is 11.9 Å². The Morgan fingerprint density at radius 3 is 2.17 bits per heavy atom. The molecule has 0 aliphatic rings. The van der Waals surface area contributed by atoms with Gasteiger partial charge in [0.15, 0.2) is 5.82 Å². The lowest BCUT2D eigenvalue weighted by Gasteiger charge is -2.05. The lowest BCUT2D eigenvalue weighted by molar-refractivity contribution is 0.624. The molecule has 0 saturated heterocycles. The van der Waals surface area contributed by atoms with Gasteiger partial charge in [-0.25, -0.2) is 14.4 Å². The summed E-state index contributed by atoms with van der Waals surface area (Å²) in [6, 6.07) is 14.4. The second kappa shape index (κ2) is 6.37. The Bertz CT molecular complexity index is 863. The summed E-state index contributed by atoms with van der Waals surface area (Å²) in [7, 11) is 0. The van der Waals surface area contributed by atoms with Gasteiger partial charge < -0.3 is 0 Å². The fourth-order valence-corrected chi connectivity index (χ4v) is 2.30. The van der Waals surface area contributed by atoms with Crippen LogP contribution in [-0.2, 0) is 6.42 Å². The van der Waals surface area contributed by atoms with Crippen molar-refractivity contribution >= 4 is 0 Å². The molecular formula is C19H14FN3. The van der Waals surface area contributed by atoms with E-state index in [1.807, 2.05) is 12.1 Å². The highest BCUT2D eigenvalue weighted by Crippen LogP contribution is 2.22. The fourth-order valence-electron chi connectivity index (χ4n) is 2.30. The Labute approximate surface area is 134 Å². The number of benzene rings is 2. The topological polar surface area (TPSA) is 49.6 Å². The molecule has 3 rings (SSSR count). The van der Waals surface area contributed by atoms with Crippen LogP contribution in [0.1, 0.15) is 18.1 Å². The minimum atomic E-state index is -0.562. The Balaban J connectivity index is 1.89. The van der Waals surface area contributed by atoms with Crippen molar-refractivity contribution in [3.8, 4) is 28.6 Å². The molecule has 0 aliphatic carbocycles. The van der Waals surface area contributed by atoms with Crippen molar-refractivity contribution in [1.82, 2.24) is 9.97 Å². The first-order valence-corrected chi connectivity index (χ1v) is 7.32. The zero-order chi connectivity index (χ0) is 16.2. The molecule has 0 atom stereocenters. The number of nitrogens with zero attached hydrogens (tertiary/aromatic N) is 3. The molecular weight excluding hydrogens is 289 g/mol.